The Kier molecular flexibility index (Phi) is 4.01. The number of halogens is 2. The minimum Gasteiger partial charge on any atom is -0.323 e. The third kappa shape index (κ3) is 2.69. The summed E-state index contributed by atoms with van der Waals surface area (Å²) in [6.45, 7) is 2.99. The minimum atomic E-state index is -3.39. The van der Waals surface area contributed by atoms with Gasteiger partial charge in [0, 0.05) is 11.8 Å². The molecule has 0 aliphatic heterocycles. The maximum absolute atomic E-state index is 13.8. The molecule has 0 aliphatic carbocycles. The summed E-state index contributed by atoms with van der Waals surface area (Å²) in [6, 6.07) is 3.74. The first-order chi connectivity index (χ1) is 7.59. The normalized spacial score (nSPS) is 14.7. The van der Waals surface area contributed by atoms with E-state index in [-0.39, 0.29) is 10.0 Å². The summed E-state index contributed by atoms with van der Waals surface area (Å²) in [6.07, 6.45) is 1.10. The van der Waals surface area contributed by atoms with Gasteiger partial charge in [-0.15, -0.1) is 0 Å². The fourth-order valence-corrected chi connectivity index (χ4v) is 2.34. The highest BCUT2D eigenvalue weighted by Crippen LogP contribution is 2.33. The van der Waals surface area contributed by atoms with Gasteiger partial charge < -0.3 is 5.73 Å². The molecule has 1 atom stereocenters. The lowest BCUT2D eigenvalue weighted by atomic mass is 9.96. The SMILES string of the molecule is CC(C)(C(N)c1cccc(Br)c1F)S(C)(=O)=O. The van der Waals surface area contributed by atoms with E-state index in [4.69, 9.17) is 5.73 Å². The Labute approximate surface area is 109 Å². The maximum Gasteiger partial charge on any atom is 0.154 e. The lowest BCUT2D eigenvalue weighted by Crippen LogP contribution is -2.42. The van der Waals surface area contributed by atoms with Crippen LogP contribution in [0.4, 0.5) is 4.39 Å². The Bertz CT molecular complexity index is 528. The molecule has 0 spiro atoms. The van der Waals surface area contributed by atoms with Crippen molar-refractivity contribution in [2.24, 2.45) is 5.73 Å². The van der Waals surface area contributed by atoms with Gasteiger partial charge in [-0.1, -0.05) is 12.1 Å². The predicted octanol–water partition coefficient (Wildman–Crippen LogP) is 2.41. The van der Waals surface area contributed by atoms with Crippen molar-refractivity contribution >= 4 is 25.8 Å². The van der Waals surface area contributed by atoms with Crippen molar-refractivity contribution in [3.8, 4) is 0 Å². The second-order valence-corrected chi connectivity index (χ2v) is 7.95. The van der Waals surface area contributed by atoms with Gasteiger partial charge in [0.05, 0.1) is 15.3 Å². The second-order valence-electron chi connectivity index (χ2n) is 4.50. The van der Waals surface area contributed by atoms with Gasteiger partial charge >= 0.3 is 0 Å². The van der Waals surface area contributed by atoms with Crippen molar-refractivity contribution in [3.63, 3.8) is 0 Å². The zero-order valence-electron chi connectivity index (χ0n) is 9.87. The van der Waals surface area contributed by atoms with Crippen molar-refractivity contribution in [3.05, 3.63) is 34.1 Å². The Balaban J connectivity index is 3.31. The lowest BCUT2D eigenvalue weighted by molar-refractivity contribution is 0.477. The van der Waals surface area contributed by atoms with Crippen LogP contribution in [0.1, 0.15) is 25.5 Å². The molecule has 0 amide bonds. The maximum atomic E-state index is 13.8. The molecule has 0 aliphatic rings. The zero-order valence-corrected chi connectivity index (χ0v) is 12.3. The van der Waals surface area contributed by atoms with Crippen molar-refractivity contribution in [2.45, 2.75) is 24.6 Å². The fraction of sp³-hybridized carbons (Fsp3) is 0.455. The standard InChI is InChI=1S/C11H15BrFNO2S/c1-11(2,17(3,15)16)10(14)7-5-4-6-8(12)9(7)13/h4-6,10H,14H2,1-3H3. The molecule has 0 radical (unpaired) electrons. The molecule has 96 valence electrons. The summed E-state index contributed by atoms with van der Waals surface area (Å²) < 4.78 is 36.2. The van der Waals surface area contributed by atoms with Crippen molar-refractivity contribution in [2.75, 3.05) is 6.26 Å². The van der Waals surface area contributed by atoms with Crippen LogP contribution in [0.2, 0.25) is 0 Å². The van der Waals surface area contributed by atoms with Crippen molar-refractivity contribution in [1.29, 1.82) is 0 Å². The lowest BCUT2D eigenvalue weighted by Gasteiger charge is -2.30. The van der Waals surface area contributed by atoms with E-state index in [1.807, 2.05) is 0 Å². The molecule has 1 aromatic carbocycles. The molecule has 0 heterocycles. The summed E-state index contributed by atoms with van der Waals surface area (Å²) >= 11 is 3.05. The first-order valence-electron chi connectivity index (χ1n) is 4.98. The smallest absolute Gasteiger partial charge is 0.154 e. The third-order valence-corrected chi connectivity index (χ3v) is 5.80. The average Bonchev–Trinajstić information content (AvgIpc) is 2.19. The number of hydrogen-bond acceptors (Lipinski definition) is 3. The average molecular weight is 324 g/mol. The summed E-state index contributed by atoms with van der Waals surface area (Å²) in [7, 11) is -3.39. The van der Waals surface area contributed by atoms with E-state index < -0.39 is 26.4 Å². The monoisotopic (exact) mass is 323 g/mol. The fourth-order valence-electron chi connectivity index (χ4n) is 1.37. The number of benzene rings is 1. The van der Waals surface area contributed by atoms with Crippen LogP contribution in [-0.2, 0) is 9.84 Å². The van der Waals surface area contributed by atoms with Gasteiger partial charge in [0.15, 0.2) is 9.84 Å². The Morgan fingerprint density at radius 1 is 1.41 bits per heavy atom. The van der Waals surface area contributed by atoms with Crippen LogP contribution in [0.3, 0.4) is 0 Å². The third-order valence-electron chi connectivity index (χ3n) is 3.02. The molecular formula is C11H15BrFNO2S. The molecule has 0 fully saturated rings. The van der Waals surface area contributed by atoms with Gasteiger partial charge in [-0.25, -0.2) is 12.8 Å². The van der Waals surface area contributed by atoms with Crippen LogP contribution in [-0.4, -0.2) is 19.4 Å². The molecule has 1 aromatic rings. The van der Waals surface area contributed by atoms with Gasteiger partial charge in [0.25, 0.3) is 0 Å². The zero-order chi connectivity index (χ0) is 13.4. The van der Waals surface area contributed by atoms with Crippen molar-refractivity contribution < 1.29 is 12.8 Å². The van der Waals surface area contributed by atoms with E-state index >= 15 is 0 Å². The molecular weight excluding hydrogens is 309 g/mol. The Morgan fingerprint density at radius 3 is 2.41 bits per heavy atom. The second kappa shape index (κ2) is 4.66. The van der Waals surface area contributed by atoms with E-state index in [1.54, 1.807) is 12.1 Å². The van der Waals surface area contributed by atoms with E-state index in [2.05, 4.69) is 15.9 Å². The van der Waals surface area contributed by atoms with Gasteiger partial charge in [0.2, 0.25) is 0 Å². The van der Waals surface area contributed by atoms with E-state index in [9.17, 15) is 12.8 Å². The van der Waals surface area contributed by atoms with Gasteiger partial charge in [-0.2, -0.15) is 0 Å². The van der Waals surface area contributed by atoms with Gasteiger partial charge in [0.1, 0.15) is 5.82 Å². The number of hydrogen-bond donors (Lipinski definition) is 1. The quantitative estimate of drug-likeness (QED) is 0.929. The van der Waals surface area contributed by atoms with E-state index in [1.165, 1.54) is 19.9 Å². The highest BCUT2D eigenvalue weighted by molar-refractivity contribution is 9.10. The summed E-state index contributed by atoms with van der Waals surface area (Å²) in [5.74, 6) is -0.517. The number of rotatable bonds is 3. The van der Waals surface area contributed by atoms with Crippen LogP contribution < -0.4 is 5.73 Å². The molecule has 0 saturated carbocycles. The molecule has 6 heteroatoms. The van der Waals surface area contributed by atoms with Crippen LogP contribution in [0.25, 0.3) is 0 Å². The van der Waals surface area contributed by atoms with Gasteiger partial charge in [-0.05, 0) is 35.8 Å². The number of sulfone groups is 1. The molecule has 0 aromatic heterocycles. The Hall–Kier alpha value is -0.460. The first kappa shape index (κ1) is 14.6. The molecule has 0 saturated heterocycles. The first-order valence-corrected chi connectivity index (χ1v) is 7.66. The largest absolute Gasteiger partial charge is 0.323 e. The Morgan fingerprint density at radius 2 is 1.94 bits per heavy atom. The van der Waals surface area contributed by atoms with Crippen LogP contribution in [0, 0.1) is 5.82 Å². The topological polar surface area (TPSA) is 60.2 Å². The molecule has 3 nitrogen and oxygen atoms in total. The van der Waals surface area contributed by atoms with Crippen LogP contribution in [0.5, 0.6) is 0 Å². The van der Waals surface area contributed by atoms with Crippen molar-refractivity contribution in [1.82, 2.24) is 0 Å². The predicted molar refractivity (Wildman–Crippen MR) is 70.0 cm³/mol. The highest BCUT2D eigenvalue weighted by atomic mass is 79.9. The molecule has 2 N–H and O–H groups in total. The number of nitrogens with two attached hydrogens (primary N) is 1. The van der Waals surface area contributed by atoms with E-state index in [0.717, 1.165) is 6.26 Å². The summed E-state index contributed by atoms with van der Waals surface area (Å²) in [5.41, 5.74) is 6.08. The van der Waals surface area contributed by atoms with Crippen LogP contribution in [0.15, 0.2) is 22.7 Å². The summed E-state index contributed by atoms with van der Waals surface area (Å²) in [4.78, 5) is 0. The van der Waals surface area contributed by atoms with E-state index in [0.29, 0.717) is 0 Å². The molecule has 1 rings (SSSR count). The van der Waals surface area contributed by atoms with Gasteiger partial charge in [-0.3, -0.25) is 0 Å². The molecule has 0 bridgehead atoms. The molecule has 17 heavy (non-hydrogen) atoms. The molecule has 1 unspecified atom stereocenters. The summed E-state index contributed by atoms with van der Waals surface area (Å²) in [5, 5.41) is 0. The highest BCUT2D eigenvalue weighted by Gasteiger charge is 2.39. The van der Waals surface area contributed by atoms with Crippen LogP contribution >= 0.6 is 15.9 Å². The minimum absolute atomic E-state index is 0.190.